The van der Waals surface area contributed by atoms with Gasteiger partial charge in [0.2, 0.25) is 0 Å². The molecule has 0 N–H and O–H groups in total. The molecule has 0 aliphatic heterocycles. The first-order chi connectivity index (χ1) is 6.40. The van der Waals surface area contributed by atoms with Crippen molar-refractivity contribution in [2.45, 2.75) is 39.7 Å². The zero-order chi connectivity index (χ0) is 11.2. The number of rotatable bonds is 4. The van der Waals surface area contributed by atoms with E-state index in [1.165, 1.54) is 0 Å². The molecule has 14 heavy (non-hydrogen) atoms. The van der Waals surface area contributed by atoms with Gasteiger partial charge in [0, 0.05) is 13.1 Å². The van der Waals surface area contributed by atoms with Crippen LogP contribution in [-0.4, -0.2) is 29.7 Å². The van der Waals surface area contributed by atoms with Crippen LogP contribution < -0.4 is 0 Å². The summed E-state index contributed by atoms with van der Waals surface area (Å²) >= 11 is 0. The third-order valence-electron chi connectivity index (χ3n) is 1.64. The molecule has 0 atom stereocenters. The number of carbonyl (C=O) groups is 1. The van der Waals surface area contributed by atoms with Gasteiger partial charge in [-0.2, -0.15) is 0 Å². The molecule has 3 nitrogen and oxygen atoms in total. The molecule has 0 rings (SSSR count). The molecule has 0 aromatic carbocycles. The molecule has 0 radical (unpaired) electrons. The first-order valence-electron chi connectivity index (χ1n) is 4.99. The highest BCUT2D eigenvalue weighted by Crippen LogP contribution is 2.09. The highest BCUT2D eigenvalue weighted by atomic mass is 16.6. The molecule has 0 saturated carbocycles. The summed E-state index contributed by atoms with van der Waals surface area (Å²) in [7, 11) is 0. The Morgan fingerprint density at radius 1 is 1.50 bits per heavy atom. The smallest absolute Gasteiger partial charge is 0.410 e. The van der Waals surface area contributed by atoms with Crippen LogP contribution in [0, 0.1) is 0 Å². The Morgan fingerprint density at radius 3 is 2.43 bits per heavy atom. The lowest BCUT2D eigenvalue weighted by Crippen LogP contribution is -2.37. The minimum atomic E-state index is -0.418. The topological polar surface area (TPSA) is 29.5 Å². The number of nitrogens with zero attached hydrogens (tertiary/aromatic N) is 1. The summed E-state index contributed by atoms with van der Waals surface area (Å²) in [6.07, 6.45) is 2.35. The summed E-state index contributed by atoms with van der Waals surface area (Å²) in [6.45, 7) is 12.5. The highest BCUT2D eigenvalue weighted by Gasteiger charge is 2.20. The van der Waals surface area contributed by atoms with E-state index in [0.29, 0.717) is 13.1 Å². The molecule has 0 fully saturated rings. The Kier molecular flexibility index (Phi) is 5.28. The van der Waals surface area contributed by atoms with Gasteiger partial charge in [-0.25, -0.2) is 4.79 Å². The van der Waals surface area contributed by atoms with Crippen molar-refractivity contribution in [3.05, 3.63) is 12.7 Å². The minimum Gasteiger partial charge on any atom is -0.444 e. The van der Waals surface area contributed by atoms with E-state index in [-0.39, 0.29) is 6.09 Å². The molecular formula is C11H21NO2. The maximum atomic E-state index is 11.6. The number of hydrogen-bond donors (Lipinski definition) is 0. The van der Waals surface area contributed by atoms with E-state index in [1.54, 1.807) is 11.0 Å². The first kappa shape index (κ1) is 13.0. The van der Waals surface area contributed by atoms with E-state index in [1.807, 2.05) is 27.7 Å². The second-order valence-electron chi connectivity index (χ2n) is 4.14. The summed E-state index contributed by atoms with van der Waals surface area (Å²) in [5.41, 5.74) is -0.418. The average Bonchev–Trinajstić information content (AvgIpc) is 2.02. The number of hydrogen-bond acceptors (Lipinski definition) is 2. The van der Waals surface area contributed by atoms with Crippen LogP contribution in [0.1, 0.15) is 34.1 Å². The fraction of sp³-hybridized carbons (Fsp3) is 0.727. The van der Waals surface area contributed by atoms with Crippen molar-refractivity contribution >= 4 is 6.09 Å². The third-order valence-corrected chi connectivity index (χ3v) is 1.64. The van der Waals surface area contributed by atoms with E-state index in [4.69, 9.17) is 4.74 Å². The second kappa shape index (κ2) is 5.68. The lowest BCUT2D eigenvalue weighted by Gasteiger charge is -2.26. The summed E-state index contributed by atoms with van der Waals surface area (Å²) < 4.78 is 5.24. The van der Waals surface area contributed by atoms with E-state index in [0.717, 1.165) is 6.42 Å². The van der Waals surface area contributed by atoms with Crippen LogP contribution in [0.5, 0.6) is 0 Å². The van der Waals surface area contributed by atoms with Gasteiger partial charge in [0.15, 0.2) is 0 Å². The molecule has 0 unspecified atom stereocenters. The number of ether oxygens (including phenoxy) is 1. The lowest BCUT2D eigenvalue weighted by atomic mass is 10.2. The van der Waals surface area contributed by atoms with Crippen LogP contribution in [0.15, 0.2) is 12.7 Å². The van der Waals surface area contributed by atoms with E-state index >= 15 is 0 Å². The van der Waals surface area contributed by atoms with Gasteiger partial charge in [-0.3, -0.25) is 0 Å². The van der Waals surface area contributed by atoms with Crippen LogP contribution >= 0.6 is 0 Å². The van der Waals surface area contributed by atoms with Gasteiger partial charge in [0.25, 0.3) is 0 Å². The molecule has 0 bridgehead atoms. The van der Waals surface area contributed by atoms with Gasteiger partial charge < -0.3 is 9.64 Å². The summed E-state index contributed by atoms with van der Waals surface area (Å²) in [6, 6.07) is 0. The molecule has 0 aliphatic carbocycles. The Balaban J connectivity index is 4.10. The van der Waals surface area contributed by atoms with Crippen molar-refractivity contribution in [1.82, 2.24) is 4.90 Å². The maximum Gasteiger partial charge on any atom is 0.410 e. The van der Waals surface area contributed by atoms with Gasteiger partial charge in [-0.1, -0.05) is 6.08 Å². The van der Waals surface area contributed by atoms with E-state index in [9.17, 15) is 4.79 Å². The molecule has 0 spiro atoms. The Hall–Kier alpha value is -0.990. The molecule has 0 saturated heterocycles. The molecule has 1 amide bonds. The zero-order valence-electron chi connectivity index (χ0n) is 9.67. The van der Waals surface area contributed by atoms with Gasteiger partial charge >= 0.3 is 6.09 Å². The molecular weight excluding hydrogens is 178 g/mol. The van der Waals surface area contributed by atoms with Gasteiger partial charge in [0.1, 0.15) is 5.60 Å². The molecule has 3 heteroatoms. The molecule has 0 aliphatic rings. The van der Waals surface area contributed by atoms with Crippen LogP contribution in [0.3, 0.4) is 0 Å². The fourth-order valence-corrected chi connectivity index (χ4v) is 0.952. The maximum absolute atomic E-state index is 11.6. The molecule has 0 heterocycles. The summed E-state index contributed by atoms with van der Waals surface area (Å²) in [5, 5.41) is 0. The van der Waals surface area contributed by atoms with E-state index in [2.05, 4.69) is 6.58 Å². The zero-order valence-corrected chi connectivity index (χ0v) is 9.67. The monoisotopic (exact) mass is 199 g/mol. The summed E-state index contributed by atoms with van der Waals surface area (Å²) in [5.74, 6) is 0. The van der Waals surface area contributed by atoms with Gasteiger partial charge in [-0.15, -0.1) is 6.58 Å². The second-order valence-corrected chi connectivity index (χ2v) is 4.14. The lowest BCUT2D eigenvalue weighted by molar-refractivity contribution is 0.0263. The molecule has 82 valence electrons. The Morgan fingerprint density at radius 2 is 2.07 bits per heavy atom. The first-order valence-corrected chi connectivity index (χ1v) is 4.99. The van der Waals surface area contributed by atoms with Crippen molar-refractivity contribution in [2.24, 2.45) is 0 Å². The number of amides is 1. The van der Waals surface area contributed by atoms with Crippen LogP contribution in [0.25, 0.3) is 0 Å². The van der Waals surface area contributed by atoms with Crippen molar-refractivity contribution in [3.8, 4) is 0 Å². The van der Waals surface area contributed by atoms with Crippen LogP contribution in [0.2, 0.25) is 0 Å². The van der Waals surface area contributed by atoms with Gasteiger partial charge in [0.05, 0.1) is 0 Å². The van der Waals surface area contributed by atoms with Gasteiger partial charge in [-0.05, 0) is 34.1 Å². The van der Waals surface area contributed by atoms with Crippen molar-refractivity contribution < 1.29 is 9.53 Å². The Labute approximate surface area is 86.7 Å². The summed E-state index contributed by atoms with van der Waals surface area (Å²) in [4.78, 5) is 13.2. The van der Waals surface area contributed by atoms with Crippen molar-refractivity contribution in [1.29, 1.82) is 0 Å². The third kappa shape index (κ3) is 5.62. The average molecular weight is 199 g/mol. The predicted molar refractivity (Wildman–Crippen MR) is 58.3 cm³/mol. The normalized spacial score (nSPS) is 10.9. The Bertz CT molecular complexity index is 194. The standard InChI is InChI=1S/C11H21NO2/c1-6-8-9-12(7-2)10(13)14-11(3,4)5/h6H,1,7-9H2,2-5H3. The van der Waals surface area contributed by atoms with Crippen LogP contribution in [-0.2, 0) is 4.74 Å². The van der Waals surface area contributed by atoms with Crippen molar-refractivity contribution in [2.75, 3.05) is 13.1 Å². The SMILES string of the molecule is C=CCCN(CC)C(=O)OC(C)(C)C. The predicted octanol–water partition coefficient (Wildman–Crippen LogP) is 2.82. The minimum absolute atomic E-state index is 0.248. The molecule has 0 aromatic rings. The van der Waals surface area contributed by atoms with Crippen LogP contribution in [0.4, 0.5) is 4.79 Å². The number of carbonyl (C=O) groups excluding carboxylic acids is 1. The van der Waals surface area contributed by atoms with E-state index < -0.39 is 5.60 Å². The van der Waals surface area contributed by atoms with Crippen molar-refractivity contribution in [3.63, 3.8) is 0 Å². The molecule has 0 aromatic heterocycles. The fourth-order valence-electron chi connectivity index (χ4n) is 0.952. The highest BCUT2D eigenvalue weighted by molar-refractivity contribution is 5.68. The largest absolute Gasteiger partial charge is 0.444 e. The quantitative estimate of drug-likeness (QED) is 0.651.